The van der Waals surface area contributed by atoms with E-state index < -0.39 is 0 Å². The highest BCUT2D eigenvalue weighted by Crippen LogP contribution is 2.22. The third-order valence-corrected chi connectivity index (χ3v) is 4.64. The Morgan fingerprint density at radius 2 is 1.71 bits per heavy atom. The van der Waals surface area contributed by atoms with Crippen LogP contribution >= 0.6 is 11.3 Å². The molecule has 0 radical (unpaired) electrons. The molecule has 1 aromatic carbocycles. The lowest BCUT2D eigenvalue weighted by Gasteiger charge is -2.22. The number of hydrogen-bond donors (Lipinski definition) is 1. The van der Waals surface area contributed by atoms with E-state index in [1.165, 1.54) is 27.4 Å². The zero-order valence-electron chi connectivity index (χ0n) is 13.4. The maximum absolute atomic E-state index is 3.47. The molecule has 21 heavy (non-hydrogen) atoms. The molecule has 0 aliphatic rings. The molecular weight excluding hydrogens is 276 g/mol. The van der Waals surface area contributed by atoms with Crippen molar-refractivity contribution in [2.75, 3.05) is 18.0 Å². The Bertz CT molecular complexity index is 530. The summed E-state index contributed by atoms with van der Waals surface area (Å²) in [5.74, 6) is 0. The third kappa shape index (κ3) is 4.87. The van der Waals surface area contributed by atoms with E-state index in [1.807, 2.05) is 11.3 Å². The van der Waals surface area contributed by atoms with E-state index in [0.717, 1.165) is 26.2 Å². The van der Waals surface area contributed by atoms with Crippen LogP contribution in [0.4, 0.5) is 5.69 Å². The first kappa shape index (κ1) is 16.1. The van der Waals surface area contributed by atoms with Crippen molar-refractivity contribution in [3.05, 3.63) is 51.7 Å². The Morgan fingerprint density at radius 1 is 1.00 bits per heavy atom. The number of nitrogens with zero attached hydrogens (tertiary/aromatic N) is 1. The van der Waals surface area contributed by atoms with E-state index >= 15 is 0 Å². The monoisotopic (exact) mass is 302 g/mol. The molecule has 114 valence electrons. The molecule has 2 nitrogen and oxygen atoms in total. The van der Waals surface area contributed by atoms with Gasteiger partial charge in [-0.2, -0.15) is 0 Å². The Hall–Kier alpha value is -1.32. The van der Waals surface area contributed by atoms with Gasteiger partial charge in [0.05, 0.1) is 6.54 Å². The first-order valence-corrected chi connectivity index (χ1v) is 8.64. The van der Waals surface area contributed by atoms with Crippen LogP contribution in [0.3, 0.4) is 0 Å². The van der Waals surface area contributed by atoms with Crippen molar-refractivity contribution in [3.8, 4) is 0 Å². The summed E-state index contributed by atoms with van der Waals surface area (Å²) in [6.07, 6.45) is 1.19. The summed E-state index contributed by atoms with van der Waals surface area (Å²) >= 11 is 1.92. The van der Waals surface area contributed by atoms with Gasteiger partial charge in [-0.3, -0.25) is 0 Å². The molecule has 0 unspecified atom stereocenters. The molecule has 0 aliphatic carbocycles. The first-order valence-electron chi connectivity index (χ1n) is 7.82. The summed E-state index contributed by atoms with van der Waals surface area (Å²) in [6.45, 7) is 10.7. The molecule has 3 heteroatoms. The van der Waals surface area contributed by atoms with Gasteiger partial charge < -0.3 is 10.2 Å². The molecule has 1 heterocycles. The number of nitrogens with one attached hydrogen (secondary N) is 1. The first-order chi connectivity index (χ1) is 10.2. The van der Waals surface area contributed by atoms with Crippen molar-refractivity contribution in [2.45, 2.75) is 40.3 Å². The van der Waals surface area contributed by atoms with Gasteiger partial charge in [-0.15, -0.1) is 11.3 Å². The predicted molar refractivity (Wildman–Crippen MR) is 94.2 cm³/mol. The van der Waals surface area contributed by atoms with Gasteiger partial charge in [0.15, 0.2) is 0 Å². The normalized spacial score (nSPS) is 10.8. The minimum Gasteiger partial charge on any atom is -0.367 e. The molecule has 1 N–H and O–H groups in total. The van der Waals surface area contributed by atoms with Gasteiger partial charge in [-0.05, 0) is 51.1 Å². The average Bonchev–Trinajstić information content (AvgIpc) is 2.94. The van der Waals surface area contributed by atoms with E-state index in [2.05, 4.69) is 67.4 Å². The Labute approximate surface area is 132 Å². The molecular formula is C18H26N2S. The molecule has 0 spiro atoms. The molecule has 1 aromatic heterocycles. The SMILES string of the molecule is CCCNCc1ccc(CN(CC)c2ccc(C)cc2)s1. The number of anilines is 1. The van der Waals surface area contributed by atoms with Gasteiger partial charge in [0.1, 0.15) is 0 Å². The Morgan fingerprint density at radius 3 is 2.38 bits per heavy atom. The minimum absolute atomic E-state index is 0.995. The molecule has 0 atom stereocenters. The van der Waals surface area contributed by atoms with Gasteiger partial charge in [0.25, 0.3) is 0 Å². The van der Waals surface area contributed by atoms with Crippen molar-refractivity contribution in [1.82, 2.24) is 5.32 Å². The molecule has 0 saturated carbocycles. The van der Waals surface area contributed by atoms with Crippen molar-refractivity contribution in [3.63, 3.8) is 0 Å². The summed E-state index contributed by atoms with van der Waals surface area (Å²) in [5.41, 5.74) is 2.62. The zero-order valence-corrected chi connectivity index (χ0v) is 14.2. The quantitative estimate of drug-likeness (QED) is 0.718. The predicted octanol–water partition coefficient (Wildman–Crippen LogP) is 4.58. The number of aryl methyl sites for hydroxylation is 1. The van der Waals surface area contributed by atoms with Crippen LogP contribution in [0.15, 0.2) is 36.4 Å². The fourth-order valence-corrected chi connectivity index (χ4v) is 3.32. The van der Waals surface area contributed by atoms with Crippen molar-refractivity contribution < 1.29 is 0 Å². The maximum Gasteiger partial charge on any atom is 0.0522 e. The average molecular weight is 302 g/mol. The van der Waals surface area contributed by atoms with Gasteiger partial charge in [0, 0.05) is 28.5 Å². The second kappa shape index (κ2) is 8.20. The van der Waals surface area contributed by atoms with Crippen LogP contribution in [0.1, 0.15) is 35.6 Å². The Balaban J connectivity index is 1.97. The van der Waals surface area contributed by atoms with Crippen LogP contribution in [-0.4, -0.2) is 13.1 Å². The smallest absolute Gasteiger partial charge is 0.0522 e. The molecule has 0 saturated heterocycles. The molecule has 0 bridgehead atoms. The second-order valence-corrected chi connectivity index (χ2v) is 6.65. The van der Waals surface area contributed by atoms with Crippen molar-refractivity contribution >= 4 is 17.0 Å². The van der Waals surface area contributed by atoms with E-state index in [9.17, 15) is 0 Å². The second-order valence-electron chi connectivity index (χ2n) is 5.39. The molecule has 2 aromatic rings. The van der Waals surface area contributed by atoms with Crippen LogP contribution in [0.5, 0.6) is 0 Å². The van der Waals surface area contributed by atoms with Gasteiger partial charge >= 0.3 is 0 Å². The summed E-state index contributed by atoms with van der Waals surface area (Å²) in [6, 6.07) is 13.3. The topological polar surface area (TPSA) is 15.3 Å². The highest BCUT2D eigenvalue weighted by atomic mass is 32.1. The van der Waals surface area contributed by atoms with Crippen LogP contribution in [0.2, 0.25) is 0 Å². The Kier molecular flexibility index (Phi) is 6.27. The van der Waals surface area contributed by atoms with Crippen LogP contribution in [0, 0.1) is 6.92 Å². The van der Waals surface area contributed by atoms with Crippen LogP contribution < -0.4 is 10.2 Å². The lowest BCUT2D eigenvalue weighted by Crippen LogP contribution is -2.21. The fourth-order valence-electron chi connectivity index (χ4n) is 2.32. The largest absolute Gasteiger partial charge is 0.367 e. The maximum atomic E-state index is 3.47. The molecule has 2 rings (SSSR count). The van der Waals surface area contributed by atoms with E-state index in [-0.39, 0.29) is 0 Å². The fraction of sp³-hybridized carbons (Fsp3) is 0.444. The van der Waals surface area contributed by atoms with Crippen LogP contribution in [-0.2, 0) is 13.1 Å². The van der Waals surface area contributed by atoms with Crippen molar-refractivity contribution in [1.29, 1.82) is 0 Å². The zero-order chi connectivity index (χ0) is 15.1. The summed E-state index contributed by atoms with van der Waals surface area (Å²) in [7, 11) is 0. The van der Waals surface area contributed by atoms with Gasteiger partial charge in [-0.25, -0.2) is 0 Å². The summed E-state index contributed by atoms with van der Waals surface area (Å²) < 4.78 is 0. The van der Waals surface area contributed by atoms with E-state index in [0.29, 0.717) is 0 Å². The molecule has 0 aliphatic heterocycles. The third-order valence-electron chi connectivity index (χ3n) is 3.57. The van der Waals surface area contributed by atoms with Gasteiger partial charge in [0.2, 0.25) is 0 Å². The molecule has 0 amide bonds. The van der Waals surface area contributed by atoms with Crippen LogP contribution in [0.25, 0.3) is 0 Å². The molecule has 0 fully saturated rings. The number of thiophene rings is 1. The van der Waals surface area contributed by atoms with E-state index in [4.69, 9.17) is 0 Å². The number of rotatable bonds is 8. The summed E-state index contributed by atoms with van der Waals surface area (Å²) in [5, 5.41) is 3.47. The van der Waals surface area contributed by atoms with E-state index in [1.54, 1.807) is 0 Å². The lowest BCUT2D eigenvalue weighted by atomic mass is 10.2. The van der Waals surface area contributed by atoms with Gasteiger partial charge in [-0.1, -0.05) is 24.6 Å². The number of hydrogen-bond acceptors (Lipinski definition) is 3. The highest BCUT2D eigenvalue weighted by Gasteiger charge is 2.07. The highest BCUT2D eigenvalue weighted by molar-refractivity contribution is 7.12. The lowest BCUT2D eigenvalue weighted by molar-refractivity contribution is 0.681. The number of benzene rings is 1. The minimum atomic E-state index is 0.995. The summed E-state index contributed by atoms with van der Waals surface area (Å²) in [4.78, 5) is 5.29. The standard InChI is InChI=1S/C18H26N2S/c1-4-12-19-13-17-10-11-18(21-17)14-20(5-2)16-8-6-15(3)7-9-16/h6-11,19H,4-5,12-14H2,1-3H3. The van der Waals surface area contributed by atoms with Crippen molar-refractivity contribution in [2.24, 2.45) is 0 Å².